The fourth-order valence-corrected chi connectivity index (χ4v) is 5.12. The molecule has 6 heteroatoms. The van der Waals surface area contributed by atoms with E-state index in [1.54, 1.807) is 6.08 Å². The lowest BCUT2D eigenvalue weighted by molar-refractivity contribution is -0.139. The monoisotopic (exact) mass is 423 g/mol. The van der Waals surface area contributed by atoms with Crippen molar-refractivity contribution in [3.63, 3.8) is 0 Å². The van der Waals surface area contributed by atoms with E-state index in [-0.39, 0.29) is 17.7 Å². The van der Waals surface area contributed by atoms with Gasteiger partial charge in [-0.2, -0.15) is 0 Å². The first-order valence-corrected chi connectivity index (χ1v) is 11.7. The first-order chi connectivity index (χ1) is 15.0. The van der Waals surface area contributed by atoms with E-state index >= 15 is 0 Å². The largest absolute Gasteiger partial charge is 0.378 e. The predicted octanol–water partition coefficient (Wildman–Crippen LogP) is 4.59. The maximum absolute atomic E-state index is 13.4. The summed E-state index contributed by atoms with van der Waals surface area (Å²) in [5.74, 6) is -0.851. The van der Waals surface area contributed by atoms with Crippen molar-refractivity contribution in [1.29, 1.82) is 0 Å². The Labute approximate surface area is 184 Å². The molecule has 6 nitrogen and oxygen atoms in total. The van der Waals surface area contributed by atoms with Crippen LogP contribution in [0, 0.1) is 0 Å². The molecule has 0 N–H and O–H groups in total. The summed E-state index contributed by atoms with van der Waals surface area (Å²) in [5.41, 5.74) is 1.96. The second-order valence-corrected chi connectivity index (χ2v) is 9.26. The van der Waals surface area contributed by atoms with Crippen molar-refractivity contribution in [3.05, 3.63) is 35.4 Å². The Hall–Kier alpha value is -2.63. The third kappa shape index (κ3) is 4.39. The summed E-state index contributed by atoms with van der Waals surface area (Å²) in [7, 11) is 3.94. The van der Waals surface area contributed by atoms with Gasteiger partial charge in [0.05, 0.1) is 0 Å². The molecule has 1 aliphatic heterocycles. The van der Waals surface area contributed by atoms with Gasteiger partial charge in [0.1, 0.15) is 5.57 Å². The van der Waals surface area contributed by atoms with E-state index in [2.05, 4.69) is 0 Å². The van der Waals surface area contributed by atoms with E-state index < -0.39 is 17.8 Å². The summed E-state index contributed by atoms with van der Waals surface area (Å²) in [6.07, 6.45) is 11.3. The quantitative estimate of drug-likeness (QED) is 0.525. The minimum absolute atomic E-state index is 0.104. The molecule has 166 valence electrons. The molecular formula is C25H33N3O3. The molecule has 0 bridgehead atoms. The Kier molecular flexibility index (Phi) is 6.44. The molecular weight excluding hydrogens is 390 g/mol. The molecule has 0 radical (unpaired) electrons. The van der Waals surface area contributed by atoms with Crippen LogP contribution in [-0.2, 0) is 9.59 Å². The van der Waals surface area contributed by atoms with Gasteiger partial charge in [-0.25, -0.2) is 4.79 Å². The molecule has 0 atom stereocenters. The average Bonchev–Trinajstić information content (AvgIpc) is 2.78. The highest BCUT2D eigenvalue weighted by Gasteiger charge is 2.47. The molecule has 31 heavy (non-hydrogen) atoms. The van der Waals surface area contributed by atoms with Crippen molar-refractivity contribution < 1.29 is 14.4 Å². The van der Waals surface area contributed by atoms with Gasteiger partial charge in [-0.3, -0.25) is 19.4 Å². The highest BCUT2D eigenvalue weighted by atomic mass is 16.2. The Balaban J connectivity index is 1.70. The third-order valence-electron chi connectivity index (χ3n) is 6.91. The first kappa shape index (κ1) is 21.6. The Morgan fingerprint density at radius 1 is 0.742 bits per heavy atom. The van der Waals surface area contributed by atoms with Gasteiger partial charge < -0.3 is 4.90 Å². The zero-order valence-corrected chi connectivity index (χ0v) is 18.7. The van der Waals surface area contributed by atoms with Gasteiger partial charge in [0.15, 0.2) is 0 Å². The zero-order chi connectivity index (χ0) is 22.0. The van der Waals surface area contributed by atoms with E-state index in [1.165, 1.54) is 9.80 Å². The molecule has 4 amide bonds. The van der Waals surface area contributed by atoms with Gasteiger partial charge in [-0.15, -0.1) is 0 Å². The fourth-order valence-electron chi connectivity index (χ4n) is 5.12. The number of carbonyl (C=O) groups is 3. The minimum atomic E-state index is -0.425. The number of nitrogens with zero attached hydrogens (tertiary/aromatic N) is 3. The van der Waals surface area contributed by atoms with Crippen molar-refractivity contribution in [2.75, 3.05) is 19.0 Å². The Morgan fingerprint density at radius 2 is 1.19 bits per heavy atom. The second kappa shape index (κ2) is 9.25. The van der Waals surface area contributed by atoms with Crippen molar-refractivity contribution >= 4 is 29.6 Å². The molecule has 1 saturated heterocycles. The van der Waals surface area contributed by atoms with Crippen molar-refractivity contribution in [2.24, 2.45) is 0 Å². The highest BCUT2D eigenvalue weighted by molar-refractivity contribution is 6.31. The number of anilines is 1. The third-order valence-corrected chi connectivity index (χ3v) is 6.91. The molecule has 3 fully saturated rings. The number of carbonyl (C=O) groups excluding carboxylic acids is 3. The smallest absolute Gasteiger partial charge is 0.334 e. The van der Waals surface area contributed by atoms with Crippen LogP contribution in [0.1, 0.15) is 69.8 Å². The van der Waals surface area contributed by atoms with Crippen molar-refractivity contribution in [1.82, 2.24) is 9.80 Å². The van der Waals surface area contributed by atoms with Gasteiger partial charge in [-0.05, 0) is 49.5 Å². The molecule has 4 rings (SSSR count). The predicted molar refractivity (Wildman–Crippen MR) is 122 cm³/mol. The van der Waals surface area contributed by atoms with Crippen LogP contribution in [0.4, 0.5) is 10.5 Å². The van der Waals surface area contributed by atoms with Crippen LogP contribution < -0.4 is 4.90 Å². The lowest BCUT2D eigenvalue weighted by Gasteiger charge is -2.43. The lowest BCUT2D eigenvalue weighted by Crippen LogP contribution is -2.62. The number of hydrogen-bond donors (Lipinski definition) is 0. The molecule has 2 saturated carbocycles. The standard InChI is InChI=1S/C25H33N3O3/c1-26(2)19-15-13-18(14-16-19)17-22-23(29)27(20-9-5-3-6-10-20)25(31)28(24(22)30)21-11-7-4-8-12-21/h13-17,20-21H,3-12H2,1-2H3. The van der Waals surface area contributed by atoms with Crippen LogP contribution in [0.2, 0.25) is 0 Å². The van der Waals surface area contributed by atoms with Gasteiger partial charge in [0, 0.05) is 31.9 Å². The van der Waals surface area contributed by atoms with Crippen LogP contribution in [0.25, 0.3) is 6.08 Å². The van der Waals surface area contributed by atoms with E-state index in [9.17, 15) is 14.4 Å². The summed E-state index contributed by atoms with van der Waals surface area (Å²) in [4.78, 5) is 45.1. The molecule has 0 spiro atoms. The summed E-state index contributed by atoms with van der Waals surface area (Å²) in [6.45, 7) is 0. The maximum Gasteiger partial charge on any atom is 0.334 e. The lowest BCUT2D eigenvalue weighted by atomic mass is 9.90. The second-order valence-electron chi connectivity index (χ2n) is 9.26. The van der Waals surface area contributed by atoms with Crippen LogP contribution in [-0.4, -0.2) is 53.8 Å². The first-order valence-electron chi connectivity index (χ1n) is 11.7. The summed E-state index contributed by atoms with van der Waals surface area (Å²) < 4.78 is 0. The highest BCUT2D eigenvalue weighted by Crippen LogP contribution is 2.33. The maximum atomic E-state index is 13.4. The molecule has 2 aliphatic carbocycles. The zero-order valence-electron chi connectivity index (χ0n) is 18.7. The number of rotatable bonds is 4. The van der Waals surface area contributed by atoms with E-state index in [0.29, 0.717) is 0 Å². The van der Waals surface area contributed by atoms with Crippen LogP contribution in [0.15, 0.2) is 29.8 Å². The Morgan fingerprint density at radius 3 is 1.61 bits per heavy atom. The van der Waals surface area contributed by atoms with Gasteiger partial charge in [0.25, 0.3) is 11.8 Å². The fraction of sp³-hybridized carbons (Fsp3) is 0.560. The van der Waals surface area contributed by atoms with E-state index in [4.69, 9.17) is 0 Å². The Bertz CT molecular complexity index is 821. The number of hydrogen-bond acceptors (Lipinski definition) is 4. The molecule has 0 unspecified atom stereocenters. The summed E-state index contributed by atoms with van der Waals surface area (Å²) >= 11 is 0. The average molecular weight is 424 g/mol. The summed E-state index contributed by atoms with van der Waals surface area (Å²) in [5, 5.41) is 0. The SMILES string of the molecule is CN(C)c1ccc(C=C2C(=O)N(C3CCCCC3)C(=O)N(C3CCCCC3)C2=O)cc1. The van der Waals surface area contributed by atoms with Gasteiger partial charge in [0.2, 0.25) is 0 Å². The van der Waals surface area contributed by atoms with E-state index in [0.717, 1.165) is 75.5 Å². The minimum Gasteiger partial charge on any atom is -0.378 e. The van der Waals surface area contributed by atoms with Crippen LogP contribution in [0.5, 0.6) is 0 Å². The van der Waals surface area contributed by atoms with Crippen molar-refractivity contribution in [2.45, 2.75) is 76.3 Å². The normalized spacial score (nSPS) is 21.6. The van der Waals surface area contributed by atoms with Gasteiger partial charge in [-0.1, -0.05) is 50.7 Å². The number of amides is 4. The number of imide groups is 2. The molecule has 1 heterocycles. The summed E-state index contributed by atoms with van der Waals surface area (Å²) in [6, 6.07) is 7.15. The topological polar surface area (TPSA) is 60.9 Å². The van der Waals surface area contributed by atoms with Gasteiger partial charge >= 0.3 is 6.03 Å². The van der Waals surface area contributed by atoms with Crippen LogP contribution >= 0.6 is 0 Å². The molecule has 1 aromatic rings. The number of barbiturate groups is 1. The van der Waals surface area contributed by atoms with Crippen molar-refractivity contribution in [3.8, 4) is 0 Å². The number of urea groups is 1. The van der Waals surface area contributed by atoms with E-state index in [1.807, 2.05) is 43.3 Å². The molecule has 3 aliphatic rings. The number of benzene rings is 1. The van der Waals surface area contributed by atoms with Crippen LogP contribution in [0.3, 0.4) is 0 Å². The molecule has 1 aromatic carbocycles. The molecule has 0 aromatic heterocycles.